The predicted octanol–water partition coefficient (Wildman–Crippen LogP) is 5.56. The van der Waals surface area contributed by atoms with Gasteiger partial charge in [0.05, 0.1) is 10.0 Å². The molecule has 1 N–H and O–H groups in total. The normalized spacial score (nSPS) is 10.4. The molecule has 0 aliphatic heterocycles. The first-order valence-corrected chi connectivity index (χ1v) is 7.57. The number of aryl methyl sites for hydroxylation is 1. The van der Waals surface area contributed by atoms with E-state index in [9.17, 15) is 9.18 Å². The standard InChI is InChI=1S/C14H9Br2ClFNO/c1-7-4-11(16)12(18)6-13(7)19-14(20)9-3-2-8(17)5-10(9)15/h2-6H,1H3,(H,19,20). The average Bonchev–Trinajstić information content (AvgIpc) is 2.35. The van der Waals surface area contributed by atoms with E-state index in [1.165, 1.54) is 6.07 Å². The maximum atomic E-state index is 13.5. The van der Waals surface area contributed by atoms with Gasteiger partial charge < -0.3 is 5.32 Å². The van der Waals surface area contributed by atoms with Gasteiger partial charge in [0.2, 0.25) is 0 Å². The average molecular weight is 421 g/mol. The van der Waals surface area contributed by atoms with Crippen LogP contribution in [0.2, 0.25) is 5.02 Å². The van der Waals surface area contributed by atoms with Gasteiger partial charge in [0, 0.05) is 15.2 Å². The fraction of sp³-hybridized carbons (Fsp3) is 0.0714. The first-order valence-electron chi connectivity index (χ1n) is 5.60. The molecule has 20 heavy (non-hydrogen) atoms. The summed E-state index contributed by atoms with van der Waals surface area (Å²) in [6, 6.07) is 7.75. The van der Waals surface area contributed by atoms with E-state index in [-0.39, 0.29) is 5.91 Å². The lowest BCUT2D eigenvalue weighted by Crippen LogP contribution is -2.13. The summed E-state index contributed by atoms with van der Waals surface area (Å²) in [6.45, 7) is 1.79. The smallest absolute Gasteiger partial charge is 0.256 e. The topological polar surface area (TPSA) is 29.1 Å². The van der Waals surface area contributed by atoms with Gasteiger partial charge in [0.25, 0.3) is 5.91 Å². The number of carbonyl (C=O) groups excluding carboxylic acids is 1. The van der Waals surface area contributed by atoms with E-state index in [2.05, 4.69) is 37.2 Å². The molecule has 2 nitrogen and oxygen atoms in total. The van der Waals surface area contributed by atoms with Crippen molar-refractivity contribution in [3.05, 3.63) is 61.2 Å². The van der Waals surface area contributed by atoms with Crippen LogP contribution in [0.1, 0.15) is 15.9 Å². The molecule has 0 fully saturated rings. The summed E-state index contributed by atoms with van der Waals surface area (Å²) in [5, 5.41) is 3.21. The number of rotatable bonds is 2. The van der Waals surface area contributed by atoms with Crippen LogP contribution in [0, 0.1) is 12.7 Å². The molecule has 104 valence electrons. The van der Waals surface area contributed by atoms with Crippen LogP contribution in [0.15, 0.2) is 39.3 Å². The molecule has 0 saturated carbocycles. The summed E-state index contributed by atoms with van der Waals surface area (Å²) < 4.78 is 14.5. The number of halogens is 4. The van der Waals surface area contributed by atoms with Crippen molar-refractivity contribution in [2.75, 3.05) is 5.32 Å². The second-order valence-corrected chi connectivity index (χ2v) is 6.30. The molecule has 2 rings (SSSR count). The van der Waals surface area contributed by atoms with Crippen LogP contribution in [0.25, 0.3) is 0 Å². The highest BCUT2D eigenvalue weighted by molar-refractivity contribution is 9.10. The molecule has 0 aliphatic rings. The van der Waals surface area contributed by atoms with Crippen molar-refractivity contribution in [1.82, 2.24) is 0 Å². The van der Waals surface area contributed by atoms with Crippen LogP contribution in [-0.2, 0) is 0 Å². The van der Waals surface area contributed by atoms with Crippen LogP contribution in [-0.4, -0.2) is 5.91 Å². The molecule has 0 saturated heterocycles. The van der Waals surface area contributed by atoms with E-state index in [4.69, 9.17) is 11.6 Å². The fourth-order valence-electron chi connectivity index (χ4n) is 1.64. The molecule has 0 aromatic heterocycles. The molecule has 0 unspecified atom stereocenters. The Morgan fingerprint density at radius 3 is 2.55 bits per heavy atom. The van der Waals surface area contributed by atoms with Crippen molar-refractivity contribution >= 4 is 55.1 Å². The summed E-state index contributed by atoms with van der Waals surface area (Å²) in [5.74, 6) is -0.764. The van der Waals surface area contributed by atoms with Crippen molar-refractivity contribution in [2.45, 2.75) is 6.92 Å². The van der Waals surface area contributed by atoms with Gasteiger partial charge in [-0.15, -0.1) is 0 Å². The van der Waals surface area contributed by atoms with Gasteiger partial charge >= 0.3 is 0 Å². The van der Waals surface area contributed by atoms with Crippen LogP contribution in [0.5, 0.6) is 0 Å². The number of benzene rings is 2. The minimum absolute atomic E-state index is 0.335. The van der Waals surface area contributed by atoms with Gasteiger partial charge in [0.15, 0.2) is 0 Å². The summed E-state index contributed by atoms with van der Waals surface area (Å²) in [4.78, 5) is 12.2. The molecule has 2 aromatic carbocycles. The number of amides is 1. The first kappa shape index (κ1) is 15.5. The van der Waals surface area contributed by atoms with Gasteiger partial charge in [-0.2, -0.15) is 0 Å². The minimum atomic E-state index is -0.430. The van der Waals surface area contributed by atoms with Gasteiger partial charge in [-0.1, -0.05) is 11.6 Å². The van der Waals surface area contributed by atoms with Crippen molar-refractivity contribution in [2.24, 2.45) is 0 Å². The molecule has 0 atom stereocenters. The Kier molecular flexibility index (Phi) is 4.83. The lowest BCUT2D eigenvalue weighted by atomic mass is 10.1. The Morgan fingerprint density at radius 1 is 1.20 bits per heavy atom. The quantitative estimate of drug-likeness (QED) is 0.675. The molecule has 2 aromatic rings. The van der Waals surface area contributed by atoms with E-state index in [0.29, 0.717) is 25.2 Å². The maximum absolute atomic E-state index is 13.5. The molecule has 6 heteroatoms. The fourth-order valence-corrected chi connectivity index (χ4v) is 2.96. The zero-order chi connectivity index (χ0) is 14.9. The van der Waals surface area contributed by atoms with E-state index in [1.54, 1.807) is 31.2 Å². The summed E-state index contributed by atoms with van der Waals surface area (Å²) >= 11 is 12.2. The number of hydrogen-bond donors (Lipinski definition) is 1. The Hall–Kier alpha value is -0.910. The first-order chi connectivity index (χ1) is 9.38. The third kappa shape index (κ3) is 3.40. The maximum Gasteiger partial charge on any atom is 0.256 e. The van der Waals surface area contributed by atoms with Crippen molar-refractivity contribution in [1.29, 1.82) is 0 Å². The minimum Gasteiger partial charge on any atom is -0.322 e. The lowest BCUT2D eigenvalue weighted by Gasteiger charge is -2.10. The Morgan fingerprint density at radius 2 is 1.90 bits per heavy atom. The Bertz CT molecular complexity index is 691. The van der Waals surface area contributed by atoms with Crippen LogP contribution in [0.3, 0.4) is 0 Å². The molecule has 1 amide bonds. The van der Waals surface area contributed by atoms with Crippen LogP contribution >= 0.6 is 43.5 Å². The number of carbonyl (C=O) groups is 1. The van der Waals surface area contributed by atoms with Gasteiger partial charge in [-0.25, -0.2) is 4.39 Å². The third-order valence-corrected chi connectivity index (χ3v) is 4.19. The lowest BCUT2D eigenvalue weighted by molar-refractivity contribution is 0.102. The second-order valence-electron chi connectivity index (χ2n) is 4.16. The largest absolute Gasteiger partial charge is 0.322 e. The third-order valence-electron chi connectivity index (χ3n) is 2.69. The molecule has 0 aliphatic carbocycles. The number of hydrogen-bond acceptors (Lipinski definition) is 1. The molecule has 0 heterocycles. The molecular formula is C14H9Br2ClFNO. The summed E-state index contributed by atoms with van der Waals surface area (Å²) in [6.07, 6.45) is 0. The highest BCUT2D eigenvalue weighted by atomic mass is 79.9. The Labute approximate surface area is 137 Å². The summed E-state index contributed by atoms with van der Waals surface area (Å²) in [5.41, 5.74) is 1.62. The number of nitrogens with one attached hydrogen (secondary N) is 1. The zero-order valence-electron chi connectivity index (χ0n) is 10.3. The predicted molar refractivity (Wildman–Crippen MR) is 85.9 cm³/mol. The van der Waals surface area contributed by atoms with Crippen LogP contribution < -0.4 is 5.32 Å². The Balaban J connectivity index is 2.30. The molecular weight excluding hydrogens is 412 g/mol. The van der Waals surface area contributed by atoms with Crippen molar-refractivity contribution in [3.8, 4) is 0 Å². The van der Waals surface area contributed by atoms with Gasteiger partial charge in [-0.05, 0) is 74.7 Å². The highest BCUT2D eigenvalue weighted by Gasteiger charge is 2.13. The number of anilines is 1. The van der Waals surface area contributed by atoms with E-state index in [0.717, 1.165) is 5.56 Å². The molecule has 0 bridgehead atoms. The summed E-state index contributed by atoms with van der Waals surface area (Å²) in [7, 11) is 0. The zero-order valence-corrected chi connectivity index (χ0v) is 14.2. The van der Waals surface area contributed by atoms with E-state index < -0.39 is 5.82 Å². The monoisotopic (exact) mass is 419 g/mol. The van der Waals surface area contributed by atoms with E-state index >= 15 is 0 Å². The van der Waals surface area contributed by atoms with Gasteiger partial charge in [-0.3, -0.25) is 4.79 Å². The van der Waals surface area contributed by atoms with E-state index in [1.807, 2.05) is 0 Å². The van der Waals surface area contributed by atoms with Crippen LogP contribution in [0.4, 0.5) is 10.1 Å². The van der Waals surface area contributed by atoms with Gasteiger partial charge in [0.1, 0.15) is 5.82 Å². The van der Waals surface area contributed by atoms with Crippen molar-refractivity contribution in [3.63, 3.8) is 0 Å². The van der Waals surface area contributed by atoms with Crippen molar-refractivity contribution < 1.29 is 9.18 Å². The highest BCUT2D eigenvalue weighted by Crippen LogP contribution is 2.26. The molecule has 0 spiro atoms. The SMILES string of the molecule is Cc1cc(Br)c(F)cc1NC(=O)c1ccc(Cl)cc1Br. The second kappa shape index (κ2) is 6.24. The molecule has 0 radical (unpaired) electrons.